The molecule has 0 aliphatic heterocycles. The number of hydrogen-bond acceptors (Lipinski definition) is 5. The summed E-state index contributed by atoms with van der Waals surface area (Å²) in [5, 5.41) is 18.6. The fraction of sp³-hybridized carbons (Fsp3) is 0.429. The minimum atomic E-state index is -0.402. The van der Waals surface area contributed by atoms with E-state index in [1.165, 1.54) is 6.07 Å². The molecule has 0 bridgehead atoms. The first-order valence-corrected chi connectivity index (χ1v) is 7.11. The summed E-state index contributed by atoms with van der Waals surface area (Å²) in [7, 11) is 0. The van der Waals surface area contributed by atoms with Gasteiger partial charge in [0.15, 0.2) is 0 Å². The Labute approximate surface area is 122 Å². The minimum Gasteiger partial charge on any atom is -0.359 e. The van der Waals surface area contributed by atoms with Crippen LogP contribution >= 0.6 is 0 Å². The maximum Gasteiger partial charge on any atom is 0.311 e. The fourth-order valence-electron chi connectivity index (χ4n) is 2.90. The van der Waals surface area contributed by atoms with Gasteiger partial charge in [0.2, 0.25) is 5.82 Å². The van der Waals surface area contributed by atoms with Crippen LogP contribution in [0.4, 0.5) is 11.5 Å². The van der Waals surface area contributed by atoms with Gasteiger partial charge in [-0.1, -0.05) is 12.8 Å². The normalized spacial score (nSPS) is 21.9. The number of nitrogens with zero attached hydrogens (tertiary/aromatic N) is 4. The van der Waals surface area contributed by atoms with E-state index in [1.54, 1.807) is 18.5 Å². The van der Waals surface area contributed by atoms with E-state index >= 15 is 0 Å². The molecule has 7 heteroatoms. The monoisotopic (exact) mass is 287 g/mol. The molecule has 1 fully saturated rings. The Morgan fingerprint density at radius 2 is 2.14 bits per heavy atom. The van der Waals surface area contributed by atoms with Crippen LogP contribution < -0.4 is 5.32 Å². The molecule has 1 N–H and O–H groups in total. The van der Waals surface area contributed by atoms with E-state index in [-0.39, 0.29) is 17.8 Å². The highest BCUT2D eigenvalue weighted by atomic mass is 16.6. The molecular formula is C14H17N5O2. The lowest BCUT2D eigenvalue weighted by Crippen LogP contribution is -2.35. The highest BCUT2D eigenvalue weighted by Crippen LogP contribution is 2.32. The first kappa shape index (κ1) is 13.5. The van der Waals surface area contributed by atoms with Crippen LogP contribution in [0.2, 0.25) is 0 Å². The van der Waals surface area contributed by atoms with E-state index in [0.29, 0.717) is 5.82 Å². The van der Waals surface area contributed by atoms with E-state index in [2.05, 4.69) is 15.4 Å². The zero-order valence-corrected chi connectivity index (χ0v) is 11.6. The fourth-order valence-corrected chi connectivity index (χ4v) is 2.90. The van der Waals surface area contributed by atoms with Gasteiger partial charge in [0.05, 0.1) is 17.0 Å². The lowest BCUT2D eigenvalue weighted by molar-refractivity contribution is -0.384. The number of nitro groups is 1. The zero-order chi connectivity index (χ0) is 14.7. The SMILES string of the molecule is O=[N+]([O-])c1cccnc1NC1CCCCC1n1cccn1. The molecule has 0 spiro atoms. The second kappa shape index (κ2) is 5.90. The molecule has 2 heterocycles. The second-order valence-electron chi connectivity index (χ2n) is 5.22. The van der Waals surface area contributed by atoms with Crippen molar-refractivity contribution in [3.8, 4) is 0 Å². The van der Waals surface area contributed by atoms with Crippen molar-refractivity contribution in [1.29, 1.82) is 0 Å². The Kier molecular flexibility index (Phi) is 3.81. The van der Waals surface area contributed by atoms with E-state index in [4.69, 9.17) is 0 Å². The molecule has 2 unspecified atom stereocenters. The van der Waals surface area contributed by atoms with Crippen LogP contribution in [-0.4, -0.2) is 25.7 Å². The van der Waals surface area contributed by atoms with Crippen LogP contribution in [0.5, 0.6) is 0 Å². The molecule has 1 saturated carbocycles. The van der Waals surface area contributed by atoms with Crippen molar-refractivity contribution in [2.45, 2.75) is 37.8 Å². The van der Waals surface area contributed by atoms with E-state index in [9.17, 15) is 10.1 Å². The molecule has 1 aliphatic carbocycles. The molecule has 0 saturated heterocycles. The highest BCUT2D eigenvalue weighted by molar-refractivity contribution is 5.55. The summed E-state index contributed by atoms with van der Waals surface area (Å²) in [6, 6.07) is 5.26. The molecule has 2 atom stereocenters. The van der Waals surface area contributed by atoms with Crippen LogP contribution in [0.1, 0.15) is 31.7 Å². The third-order valence-electron chi connectivity index (χ3n) is 3.90. The second-order valence-corrected chi connectivity index (χ2v) is 5.22. The maximum atomic E-state index is 11.1. The Bertz CT molecular complexity index is 614. The van der Waals surface area contributed by atoms with Gasteiger partial charge in [-0.2, -0.15) is 5.10 Å². The largest absolute Gasteiger partial charge is 0.359 e. The zero-order valence-electron chi connectivity index (χ0n) is 11.6. The van der Waals surface area contributed by atoms with Gasteiger partial charge in [-0.15, -0.1) is 0 Å². The summed E-state index contributed by atoms with van der Waals surface area (Å²) >= 11 is 0. The van der Waals surface area contributed by atoms with Gasteiger partial charge in [-0.05, 0) is 25.0 Å². The van der Waals surface area contributed by atoms with Crippen molar-refractivity contribution in [1.82, 2.24) is 14.8 Å². The van der Waals surface area contributed by atoms with Crippen LogP contribution in [0.3, 0.4) is 0 Å². The Hall–Kier alpha value is -2.44. The minimum absolute atomic E-state index is 0.0160. The number of anilines is 1. The summed E-state index contributed by atoms with van der Waals surface area (Å²) in [6.07, 6.45) is 9.49. The van der Waals surface area contributed by atoms with Gasteiger partial charge in [0.25, 0.3) is 0 Å². The average Bonchev–Trinajstić information content (AvgIpc) is 3.02. The molecule has 110 valence electrons. The molecule has 0 radical (unpaired) electrons. The summed E-state index contributed by atoms with van der Waals surface area (Å²) in [4.78, 5) is 14.8. The van der Waals surface area contributed by atoms with Crippen molar-refractivity contribution < 1.29 is 4.92 Å². The third-order valence-corrected chi connectivity index (χ3v) is 3.90. The number of hydrogen-bond donors (Lipinski definition) is 1. The van der Waals surface area contributed by atoms with E-state index in [1.807, 2.05) is 16.9 Å². The number of aromatic nitrogens is 3. The smallest absolute Gasteiger partial charge is 0.311 e. The van der Waals surface area contributed by atoms with Crippen molar-refractivity contribution in [3.05, 3.63) is 46.9 Å². The Balaban J connectivity index is 1.84. The Morgan fingerprint density at radius 1 is 1.29 bits per heavy atom. The van der Waals surface area contributed by atoms with Crippen molar-refractivity contribution in [2.75, 3.05) is 5.32 Å². The first-order valence-electron chi connectivity index (χ1n) is 7.11. The summed E-state index contributed by atoms with van der Waals surface area (Å²) < 4.78 is 1.94. The van der Waals surface area contributed by atoms with E-state index < -0.39 is 4.92 Å². The highest BCUT2D eigenvalue weighted by Gasteiger charge is 2.29. The summed E-state index contributed by atoms with van der Waals surface area (Å²) in [5.74, 6) is 0.339. The number of pyridine rings is 1. The van der Waals surface area contributed by atoms with Gasteiger partial charge in [0.1, 0.15) is 0 Å². The average molecular weight is 287 g/mol. The predicted molar refractivity (Wildman–Crippen MR) is 78.0 cm³/mol. The van der Waals surface area contributed by atoms with Gasteiger partial charge in [0, 0.05) is 24.7 Å². The Morgan fingerprint density at radius 3 is 2.90 bits per heavy atom. The molecule has 0 amide bonds. The van der Waals surface area contributed by atoms with E-state index in [0.717, 1.165) is 25.7 Å². The lowest BCUT2D eigenvalue weighted by Gasteiger charge is -2.32. The molecule has 3 rings (SSSR count). The third kappa shape index (κ3) is 2.86. The molecule has 2 aromatic rings. The summed E-state index contributed by atoms with van der Waals surface area (Å²) in [6.45, 7) is 0. The van der Waals surface area contributed by atoms with Crippen LogP contribution in [-0.2, 0) is 0 Å². The predicted octanol–water partition coefficient (Wildman–Crippen LogP) is 2.78. The summed E-state index contributed by atoms with van der Waals surface area (Å²) in [5.41, 5.74) is 0.0160. The van der Waals surface area contributed by atoms with Crippen molar-refractivity contribution in [2.24, 2.45) is 0 Å². The van der Waals surface area contributed by atoms with Gasteiger partial charge < -0.3 is 5.32 Å². The molecule has 2 aromatic heterocycles. The first-order chi connectivity index (χ1) is 10.3. The topological polar surface area (TPSA) is 85.9 Å². The van der Waals surface area contributed by atoms with Crippen LogP contribution in [0.25, 0.3) is 0 Å². The van der Waals surface area contributed by atoms with Crippen LogP contribution in [0.15, 0.2) is 36.8 Å². The standard InChI is InChI=1S/C14H17N5O2/c20-19(21)13-7-3-8-15-14(13)17-11-5-1-2-6-12(11)18-10-4-9-16-18/h3-4,7-12H,1-2,5-6H2,(H,15,17). The van der Waals surface area contributed by atoms with Crippen molar-refractivity contribution in [3.63, 3.8) is 0 Å². The number of nitrogens with one attached hydrogen (secondary N) is 1. The van der Waals surface area contributed by atoms with Gasteiger partial charge >= 0.3 is 5.69 Å². The maximum absolute atomic E-state index is 11.1. The van der Waals surface area contributed by atoms with Crippen LogP contribution in [0, 0.1) is 10.1 Å². The molecule has 21 heavy (non-hydrogen) atoms. The lowest BCUT2D eigenvalue weighted by atomic mass is 9.90. The molecule has 0 aromatic carbocycles. The number of rotatable bonds is 4. The quantitative estimate of drug-likeness (QED) is 0.690. The molecular weight excluding hydrogens is 270 g/mol. The van der Waals surface area contributed by atoms with Gasteiger partial charge in [-0.3, -0.25) is 14.8 Å². The van der Waals surface area contributed by atoms with Gasteiger partial charge in [-0.25, -0.2) is 4.98 Å². The van der Waals surface area contributed by atoms with Crippen molar-refractivity contribution >= 4 is 11.5 Å². The molecule has 7 nitrogen and oxygen atoms in total. The molecule has 1 aliphatic rings.